The predicted octanol–water partition coefficient (Wildman–Crippen LogP) is 3.95. The van der Waals surface area contributed by atoms with Gasteiger partial charge in [-0.05, 0) is 45.4 Å². The summed E-state index contributed by atoms with van der Waals surface area (Å²) in [6.45, 7) is 12.1. The van der Waals surface area contributed by atoms with Crippen molar-refractivity contribution in [1.29, 1.82) is 0 Å². The number of ether oxygens (including phenoxy) is 2. The van der Waals surface area contributed by atoms with Crippen LogP contribution in [0, 0.1) is 17.8 Å². The first-order valence-corrected chi connectivity index (χ1v) is 9.03. The van der Waals surface area contributed by atoms with Crippen molar-refractivity contribution in [3.8, 4) is 0 Å². The van der Waals surface area contributed by atoms with Gasteiger partial charge in [0.05, 0.1) is 5.92 Å². The van der Waals surface area contributed by atoms with Gasteiger partial charge < -0.3 is 9.47 Å². The van der Waals surface area contributed by atoms with Crippen LogP contribution < -0.4 is 0 Å². The van der Waals surface area contributed by atoms with Gasteiger partial charge in [-0.2, -0.15) is 0 Å². The molecule has 132 valence electrons. The lowest BCUT2D eigenvalue weighted by Gasteiger charge is -2.36. The Hall–Kier alpha value is -1.58. The minimum atomic E-state index is -0.597. The molecule has 3 rings (SSSR count). The van der Waals surface area contributed by atoms with E-state index in [1.54, 1.807) is 0 Å². The molecule has 0 amide bonds. The molecular formula is C20H28O4. The molecule has 3 aliphatic rings. The van der Waals surface area contributed by atoms with E-state index in [0.717, 1.165) is 25.7 Å². The lowest BCUT2D eigenvalue weighted by molar-refractivity contribution is -0.168. The lowest BCUT2D eigenvalue weighted by atomic mass is 9.79. The standard InChI is InChI=1S/C20H28O4/c1-11(2)10-16(21)24-20(5)9-8-14-12(3)6-7-15-13(4)19(22)23-18(15)17(14)20/h11,15,17-18H,4,6-10H2,1-3,5H3/t15-,17?,18-,20+/m0/s1. The highest BCUT2D eigenvalue weighted by molar-refractivity contribution is 5.91. The fraction of sp³-hybridized carbons (Fsp3) is 0.700. The van der Waals surface area contributed by atoms with E-state index in [-0.39, 0.29) is 35.8 Å². The number of hydrogen-bond acceptors (Lipinski definition) is 4. The van der Waals surface area contributed by atoms with Crippen molar-refractivity contribution in [3.63, 3.8) is 0 Å². The van der Waals surface area contributed by atoms with Crippen molar-refractivity contribution < 1.29 is 19.1 Å². The summed E-state index contributed by atoms with van der Waals surface area (Å²) in [5.74, 6) is -0.173. The van der Waals surface area contributed by atoms with E-state index in [0.29, 0.717) is 12.0 Å². The molecule has 4 nitrogen and oxygen atoms in total. The van der Waals surface area contributed by atoms with Gasteiger partial charge in [0, 0.05) is 17.9 Å². The molecule has 2 fully saturated rings. The number of allylic oxidation sites excluding steroid dienone is 1. The Morgan fingerprint density at radius 3 is 2.79 bits per heavy atom. The van der Waals surface area contributed by atoms with Crippen molar-refractivity contribution in [2.24, 2.45) is 17.8 Å². The summed E-state index contributed by atoms with van der Waals surface area (Å²) in [6, 6.07) is 0. The molecule has 1 saturated carbocycles. The topological polar surface area (TPSA) is 52.6 Å². The van der Waals surface area contributed by atoms with E-state index < -0.39 is 5.60 Å². The highest BCUT2D eigenvalue weighted by Crippen LogP contribution is 2.53. The number of fused-ring (bicyclic) bond motifs is 3. The Kier molecular flexibility index (Phi) is 4.35. The van der Waals surface area contributed by atoms with E-state index in [1.165, 1.54) is 11.1 Å². The maximum absolute atomic E-state index is 12.3. The molecule has 1 heterocycles. The number of carbonyl (C=O) groups excluding carboxylic acids is 2. The van der Waals surface area contributed by atoms with E-state index >= 15 is 0 Å². The maximum Gasteiger partial charge on any atom is 0.334 e. The maximum atomic E-state index is 12.3. The number of carbonyl (C=O) groups is 2. The van der Waals surface area contributed by atoms with E-state index in [9.17, 15) is 9.59 Å². The van der Waals surface area contributed by atoms with Crippen LogP contribution in [0.25, 0.3) is 0 Å². The summed E-state index contributed by atoms with van der Waals surface area (Å²) >= 11 is 0. The van der Waals surface area contributed by atoms with Crippen LogP contribution in [0.15, 0.2) is 23.3 Å². The van der Waals surface area contributed by atoms with Gasteiger partial charge in [0.25, 0.3) is 0 Å². The summed E-state index contributed by atoms with van der Waals surface area (Å²) in [5, 5.41) is 0. The Bertz CT molecular complexity index is 615. The van der Waals surface area contributed by atoms with Gasteiger partial charge in [-0.3, -0.25) is 4.79 Å². The Labute approximate surface area is 144 Å². The second kappa shape index (κ2) is 6.05. The molecule has 24 heavy (non-hydrogen) atoms. The van der Waals surface area contributed by atoms with E-state index in [4.69, 9.17) is 9.47 Å². The van der Waals surface area contributed by atoms with Gasteiger partial charge in [-0.1, -0.05) is 31.6 Å². The molecule has 4 heteroatoms. The van der Waals surface area contributed by atoms with Gasteiger partial charge in [-0.25, -0.2) is 4.79 Å². The summed E-state index contributed by atoms with van der Waals surface area (Å²) < 4.78 is 11.7. The first kappa shape index (κ1) is 17.2. The van der Waals surface area contributed by atoms with Crippen LogP contribution in [-0.2, 0) is 19.1 Å². The number of rotatable bonds is 3. The highest BCUT2D eigenvalue weighted by atomic mass is 16.6. The van der Waals surface area contributed by atoms with Gasteiger partial charge in [0.15, 0.2) is 0 Å². The van der Waals surface area contributed by atoms with Gasteiger partial charge in [-0.15, -0.1) is 0 Å². The molecule has 4 atom stereocenters. The molecule has 0 bridgehead atoms. The zero-order valence-corrected chi connectivity index (χ0v) is 15.2. The van der Waals surface area contributed by atoms with Crippen molar-refractivity contribution in [3.05, 3.63) is 23.3 Å². The average molecular weight is 332 g/mol. The molecule has 0 spiro atoms. The molecule has 1 unspecified atom stereocenters. The van der Waals surface area contributed by atoms with E-state index in [2.05, 4.69) is 13.5 Å². The molecule has 1 saturated heterocycles. The zero-order chi connectivity index (χ0) is 17.6. The molecule has 2 aliphatic carbocycles. The van der Waals surface area contributed by atoms with Crippen molar-refractivity contribution in [2.75, 3.05) is 0 Å². The minimum Gasteiger partial charge on any atom is -0.459 e. The number of hydrogen-bond donors (Lipinski definition) is 0. The van der Waals surface area contributed by atoms with Crippen molar-refractivity contribution >= 4 is 11.9 Å². The van der Waals surface area contributed by atoms with Gasteiger partial charge in [0.1, 0.15) is 11.7 Å². The molecule has 0 aromatic heterocycles. The monoisotopic (exact) mass is 332 g/mol. The summed E-state index contributed by atoms with van der Waals surface area (Å²) in [4.78, 5) is 24.4. The molecule has 0 radical (unpaired) electrons. The van der Waals surface area contributed by atoms with Crippen LogP contribution in [0.2, 0.25) is 0 Å². The van der Waals surface area contributed by atoms with Gasteiger partial charge in [0.2, 0.25) is 0 Å². The van der Waals surface area contributed by atoms with Crippen molar-refractivity contribution in [1.82, 2.24) is 0 Å². The predicted molar refractivity (Wildman–Crippen MR) is 91.1 cm³/mol. The van der Waals surface area contributed by atoms with Crippen LogP contribution in [0.5, 0.6) is 0 Å². The molecule has 1 aliphatic heterocycles. The van der Waals surface area contributed by atoms with E-state index in [1.807, 2.05) is 20.8 Å². The molecule has 0 aromatic rings. The van der Waals surface area contributed by atoms with Crippen LogP contribution in [0.3, 0.4) is 0 Å². The summed E-state index contributed by atoms with van der Waals surface area (Å²) in [6.07, 6.45) is 3.73. The fourth-order valence-electron chi connectivity index (χ4n) is 4.64. The van der Waals surface area contributed by atoms with Crippen LogP contribution in [-0.4, -0.2) is 23.6 Å². The minimum absolute atomic E-state index is 0.0377. The quantitative estimate of drug-likeness (QED) is 0.446. The SMILES string of the molecule is C=C1C(=O)O[C@@H]2C3C(=C(C)CC[C@@H]12)CC[C@@]3(C)OC(=O)CC(C)C. The smallest absolute Gasteiger partial charge is 0.334 e. The summed E-state index contributed by atoms with van der Waals surface area (Å²) in [7, 11) is 0. The average Bonchev–Trinajstić information content (AvgIpc) is 2.88. The Balaban J connectivity index is 1.92. The second-order valence-electron chi connectivity index (χ2n) is 8.21. The van der Waals surface area contributed by atoms with Crippen LogP contribution in [0.1, 0.15) is 59.8 Å². The van der Waals surface area contributed by atoms with Crippen LogP contribution in [0.4, 0.5) is 0 Å². The molecule has 0 aromatic carbocycles. The third-order valence-electron chi connectivity index (χ3n) is 5.90. The Morgan fingerprint density at radius 2 is 2.12 bits per heavy atom. The fourth-order valence-corrected chi connectivity index (χ4v) is 4.64. The molecular weight excluding hydrogens is 304 g/mol. The normalized spacial score (nSPS) is 35.6. The summed E-state index contributed by atoms with van der Waals surface area (Å²) in [5.41, 5.74) is 2.67. The highest BCUT2D eigenvalue weighted by Gasteiger charge is 2.56. The zero-order valence-electron chi connectivity index (χ0n) is 15.2. The van der Waals surface area contributed by atoms with Gasteiger partial charge >= 0.3 is 11.9 Å². The third-order valence-corrected chi connectivity index (χ3v) is 5.90. The third kappa shape index (κ3) is 2.80. The Morgan fingerprint density at radius 1 is 1.42 bits per heavy atom. The first-order valence-electron chi connectivity index (χ1n) is 9.03. The van der Waals surface area contributed by atoms with Crippen LogP contribution >= 0.6 is 0 Å². The first-order chi connectivity index (χ1) is 11.2. The second-order valence-corrected chi connectivity index (χ2v) is 8.21. The molecule has 0 N–H and O–H groups in total. The number of esters is 2. The lowest BCUT2D eigenvalue weighted by Crippen LogP contribution is -2.44. The van der Waals surface area contributed by atoms with Crippen molar-refractivity contribution in [2.45, 2.75) is 71.5 Å². The largest absolute Gasteiger partial charge is 0.459 e.